The fourth-order valence-corrected chi connectivity index (χ4v) is 3.48. The molecule has 0 bridgehead atoms. The molecule has 0 saturated carbocycles. The van der Waals surface area contributed by atoms with Crippen molar-refractivity contribution in [1.29, 1.82) is 0 Å². The predicted molar refractivity (Wildman–Crippen MR) is 107 cm³/mol. The normalized spacial score (nSPS) is 11.2. The van der Waals surface area contributed by atoms with Crippen LogP contribution in [0.2, 0.25) is 0 Å². The van der Waals surface area contributed by atoms with Crippen LogP contribution in [0.5, 0.6) is 5.75 Å². The van der Waals surface area contributed by atoms with Crippen molar-refractivity contribution >= 4 is 15.7 Å². The molecule has 5 nitrogen and oxygen atoms in total. The van der Waals surface area contributed by atoms with Crippen LogP contribution in [0.15, 0.2) is 71.8 Å². The van der Waals surface area contributed by atoms with Gasteiger partial charge in [0.15, 0.2) is 9.84 Å². The highest BCUT2D eigenvalue weighted by atomic mass is 32.2. The Balaban J connectivity index is 1.60. The van der Waals surface area contributed by atoms with E-state index in [9.17, 15) is 8.42 Å². The Labute approximate surface area is 160 Å². The van der Waals surface area contributed by atoms with Crippen LogP contribution in [0.4, 0.5) is 5.82 Å². The van der Waals surface area contributed by atoms with Gasteiger partial charge in [-0.1, -0.05) is 42.0 Å². The van der Waals surface area contributed by atoms with Gasteiger partial charge in [-0.2, -0.15) is 0 Å². The van der Waals surface area contributed by atoms with Crippen molar-refractivity contribution in [1.82, 2.24) is 4.98 Å². The number of anilines is 1. The molecule has 27 heavy (non-hydrogen) atoms. The van der Waals surface area contributed by atoms with E-state index in [2.05, 4.69) is 29.4 Å². The molecule has 0 aliphatic rings. The van der Waals surface area contributed by atoms with E-state index in [1.807, 2.05) is 36.4 Å². The van der Waals surface area contributed by atoms with Gasteiger partial charge in [-0.25, -0.2) is 13.4 Å². The molecule has 0 radical (unpaired) electrons. The summed E-state index contributed by atoms with van der Waals surface area (Å²) in [6, 6.07) is 19.1. The first-order valence-corrected chi connectivity index (χ1v) is 10.5. The Kier molecular flexibility index (Phi) is 5.76. The van der Waals surface area contributed by atoms with Gasteiger partial charge in [0, 0.05) is 19.0 Å². The largest absolute Gasteiger partial charge is 0.489 e. The zero-order valence-corrected chi connectivity index (χ0v) is 16.2. The van der Waals surface area contributed by atoms with Gasteiger partial charge in [0.25, 0.3) is 0 Å². The number of nitrogens with zero attached hydrogens (tertiary/aromatic N) is 1. The maximum atomic E-state index is 11.8. The van der Waals surface area contributed by atoms with Gasteiger partial charge in [0.1, 0.15) is 23.1 Å². The second kappa shape index (κ2) is 8.22. The van der Waals surface area contributed by atoms with Gasteiger partial charge in [0.05, 0.1) is 0 Å². The molecule has 1 aromatic heterocycles. The molecule has 140 valence electrons. The summed E-state index contributed by atoms with van der Waals surface area (Å²) in [7, 11) is -3.33. The van der Waals surface area contributed by atoms with Gasteiger partial charge in [0.2, 0.25) is 0 Å². The molecule has 0 atom stereocenters. The number of benzene rings is 2. The van der Waals surface area contributed by atoms with Crippen molar-refractivity contribution in [3.05, 3.63) is 83.6 Å². The molecule has 1 heterocycles. The zero-order chi connectivity index (χ0) is 19.3. The predicted octanol–water partition coefficient (Wildman–Crippen LogP) is 3.98. The third-order valence-electron chi connectivity index (χ3n) is 4.04. The summed E-state index contributed by atoms with van der Waals surface area (Å²) in [5, 5.41) is 3.09. The standard InChI is InChI=1S/C21H22N2O3S/c1-16-5-3-6-18(13-16)15-26-19-10-8-17(9-11-19)14-23-21-20(27(2,24)25)7-4-12-22-21/h3-13H,14-15H2,1-2H3,(H,22,23). The van der Waals surface area contributed by atoms with Crippen molar-refractivity contribution in [3.63, 3.8) is 0 Å². The second-order valence-electron chi connectivity index (χ2n) is 6.40. The first-order valence-electron chi connectivity index (χ1n) is 8.58. The second-order valence-corrected chi connectivity index (χ2v) is 8.38. The highest BCUT2D eigenvalue weighted by molar-refractivity contribution is 7.90. The summed E-state index contributed by atoms with van der Waals surface area (Å²) < 4.78 is 29.5. The summed E-state index contributed by atoms with van der Waals surface area (Å²) in [5.41, 5.74) is 3.34. The van der Waals surface area contributed by atoms with Crippen LogP contribution < -0.4 is 10.1 Å². The third kappa shape index (κ3) is 5.31. The topological polar surface area (TPSA) is 68.3 Å². The molecule has 0 spiro atoms. The van der Waals surface area contributed by atoms with Crippen LogP contribution >= 0.6 is 0 Å². The van der Waals surface area contributed by atoms with Crippen LogP contribution in [0, 0.1) is 6.92 Å². The number of pyridine rings is 1. The van der Waals surface area contributed by atoms with Crippen molar-refractivity contribution in [2.24, 2.45) is 0 Å². The average Bonchev–Trinajstić information content (AvgIpc) is 2.65. The fourth-order valence-electron chi connectivity index (χ4n) is 2.68. The van der Waals surface area contributed by atoms with E-state index in [4.69, 9.17) is 4.74 Å². The minimum absolute atomic E-state index is 0.197. The highest BCUT2D eigenvalue weighted by Crippen LogP contribution is 2.20. The highest BCUT2D eigenvalue weighted by Gasteiger charge is 2.13. The molecule has 3 rings (SSSR count). The zero-order valence-electron chi connectivity index (χ0n) is 15.3. The maximum Gasteiger partial charge on any atom is 0.179 e. The van der Waals surface area contributed by atoms with Crippen LogP contribution in [0.1, 0.15) is 16.7 Å². The summed E-state index contributed by atoms with van der Waals surface area (Å²) in [5.74, 6) is 1.15. The lowest BCUT2D eigenvalue weighted by Gasteiger charge is -2.11. The van der Waals surface area contributed by atoms with E-state index in [1.165, 1.54) is 11.8 Å². The van der Waals surface area contributed by atoms with Gasteiger partial charge in [-0.3, -0.25) is 0 Å². The van der Waals surface area contributed by atoms with Crippen molar-refractivity contribution in [2.45, 2.75) is 25.0 Å². The number of nitrogens with one attached hydrogen (secondary N) is 1. The Bertz CT molecular complexity index is 1020. The smallest absolute Gasteiger partial charge is 0.179 e. The molecular formula is C21H22N2O3S. The van der Waals surface area contributed by atoms with Crippen LogP contribution in [0.25, 0.3) is 0 Å². The number of hydrogen-bond donors (Lipinski definition) is 1. The molecule has 2 aromatic carbocycles. The molecular weight excluding hydrogens is 360 g/mol. The number of sulfone groups is 1. The van der Waals surface area contributed by atoms with Gasteiger partial charge in [-0.05, 0) is 42.3 Å². The first kappa shape index (κ1) is 18.9. The van der Waals surface area contributed by atoms with E-state index < -0.39 is 9.84 Å². The van der Waals surface area contributed by atoms with Gasteiger partial charge < -0.3 is 10.1 Å². The van der Waals surface area contributed by atoms with E-state index in [0.717, 1.165) is 16.9 Å². The molecule has 0 saturated heterocycles. The Morgan fingerprint density at radius 3 is 2.48 bits per heavy atom. The molecule has 6 heteroatoms. The van der Waals surface area contributed by atoms with Crippen molar-refractivity contribution in [2.75, 3.05) is 11.6 Å². The molecule has 1 N–H and O–H groups in total. The number of rotatable bonds is 7. The molecule has 0 aliphatic heterocycles. The van der Waals surface area contributed by atoms with E-state index in [1.54, 1.807) is 18.3 Å². The van der Waals surface area contributed by atoms with E-state index in [0.29, 0.717) is 19.0 Å². The third-order valence-corrected chi connectivity index (χ3v) is 5.17. The average molecular weight is 382 g/mol. The number of aromatic nitrogens is 1. The number of ether oxygens (including phenoxy) is 1. The minimum atomic E-state index is -3.33. The van der Waals surface area contributed by atoms with E-state index >= 15 is 0 Å². The lowest BCUT2D eigenvalue weighted by Crippen LogP contribution is -2.07. The first-order chi connectivity index (χ1) is 12.9. The molecule has 0 unspecified atom stereocenters. The van der Waals surface area contributed by atoms with Crippen LogP contribution in [-0.4, -0.2) is 19.7 Å². The summed E-state index contributed by atoms with van der Waals surface area (Å²) in [6.45, 7) is 3.05. The van der Waals surface area contributed by atoms with Gasteiger partial charge >= 0.3 is 0 Å². The lowest BCUT2D eigenvalue weighted by molar-refractivity contribution is 0.306. The monoisotopic (exact) mass is 382 g/mol. The van der Waals surface area contributed by atoms with Crippen LogP contribution in [-0.2, 0) is 23.0 Å². The Morgan fingerprint density at radius 2 is 1.78 bits per heavy atom. The van der Waals surface area contributed by atoms with Crippen LogP contribution in [0.3, 0.4) is 0 Å². The van der Waals surface area contributed by atoms with Crippen molar-refractivity contribution < 1.29 is 13.2 Å². The summed E-state index contributed by atoms with van der Waals surface area (Å²) in [4.78, 5) is 4.33. The minimum Gasteiger partial charge on any atom is -0.489 e. The molecule has 0 fully saturated rings. The van der Waals surface area contributed by atoms with Gasteiger partial charge in [-0.15, -0.1) is 0 Å². The lowest BCUT2D eigenvalue weighted by atomic mass is 10.1. The quantitative estimate of drug-likeness (QED) is 0.669. The summed E-state index contributed by atoms with van der Waals surface area (Å²) >= 11 is 0. The maximum absolute atomic E-state index is 11.8. The van der Waals surface area contributed by atoms with E-state index in [-0.39, 0.29) is 4.90 Å². The summed E-state index contributed by atoms with van der Waals surface area (Å²) in [6.07, 6.45) is 2.74. The molecule has 3 aromatic rings. The Hall–Kier alpha value is -2.86. The van der Waals surface area contributed by atoms with Crippen molar-refractivity contribution in [3.8, 4) is 5.75 Å². The molecule has 0 aliphatic carbocycles. The SMILES string of the molecule is Cc1cccc(COc2ccc(CNc3ncccc3S(C)(=O)=O)cc2)c1. The number of aryl methyl sites for hydroxylation is 1. The Morgan fingerprint density at radius 1 is 1.00 bits per heavy atom. The molecule has 0 amide bonds. The number of hydrogen-bond acceptors (Lipinski definition) is 5. The fraction of sp³-hybridized carbons (Fsp3) is 0.190.